The van der Waals surface area contributed by atoms with E-state index >= 15 is 0 Å². The van der Waals surface area contributed by atoms with Crippen LogP contribution in [0.15, 0.2) is 30.6 Å². The number of hydrogen-bond acceptors (Lipinski definition) is 4. The lowest BCUT2D eigenvalue weighted by Gasteiger charge is -2.20. The highest BCUT2D eigenvalue weighted by Gasteiger charge is 2.18. The van der Waals surface area contributed by atoms with Gasteiger partial charge in [0.05, 0.1) is 17.5 Å². The van der Waals surface area contributed by atoms with Crippen LogP contribution >= 0.6 is 0 Å². The molecule has 0 aliphatic carbocycles. The Morgan fingerprint density at radius 2 is 2.12 bits per heavy atom. The van der Waals surface area contributed by atoms with Crippen LogP contribution in [-0.4, -0.2) is 51.8 Å². The van der Waals surface area contributed by atoms with E-state index in [0.29, 0.717) is 18.0 Å². The lowest BCUT2D eigenvalue weighted by molar-refractivity contribution is 0.0944. The number of aromatic nitrogens is 3. The molecule has 0 saturated carbocycles. The van der Waals surface area contributed by atoms with Crippen molar-refractivity contribution in [2.75, 3.05) is 26.2 Å². The van der Waals surface area contributed by atoms with Gasteiger partial charge in [0.25, 0.3) is 5.91 Å². The summed E-state index contributed by atoms with van der Waals surface area (Å²) in [6.45, 7) is 8.19. The summed E-state index contributed by atoms with van der Waals surface area (Å²) in [5, 5.41) is 7.34. The first kappa shape index (κ1) is 16.6. The Morgan fingerprint density at radius 1 is 1.33 bits per heavy atom. The average molecular weight is 327 g/mol. The molecule has 2 aromatic rings. The highest BCUT2D eigenvalue weighted by molar-refractivity contribution is 5.95. The van der Waals surface area contributed by atoms with Crippen LogP contribution in [0.1, 0.15) is 35.8 Å². The molecule has 0 aromatic carbocycles. The first-order valence-corrected chi connectivity index (χ1v) is 8.61. The molecule has 3 rings (SSSR count). The van der Waals surface area contributed by atoms with Gasteiger partial charge in [0.2, 0.25) is 0 Å². The van der Waals surface area contributed by atoms with Gasteiger partial charge < -0.3 is 10.2 Å². The normalized spacial score (nSPS) is 16.2. The second-order valence-corrected chi connectivity index (χ2v) is 6.57. The molecular formula is C18H25N5O. The molecule has 3 heterocycles. The molecule has 6 nitrogen and oxygen atoms in total. The lowest BCUT2D eigenvalue weighted by Crippen LogP contribution is -2.34. The number of rotatable bonds is 6. The number of pyridine rings is 1. The molecule has 1 atom stereocenters. The summed E-state index contributed by atoms with van der Waals surface area (Å²) in [6, 6.07) is 5.64. The minimum atomic E-state index is -0.0667. The SMILES string of the molecule is Cc1c(C(=O)NCC(C)CN2CCCC2)cnn1-c1ccccn1. The number of nitrogens with zero attached hydrogens (tertiary/aromatic N) is 4. The average Bonchev–Trinajstić information content (AvgIpc) is 3.23. The zero-order valence-electron chi connectivity index (χ0n) is 14.4. The molecule has 1 N–H and O–H groups in total. The van der Waals surface area contributed by atoms with Crippen molar-refractivity contribution in [3.05, 3.63) is 41.9 Å². The van der Waals surface area contributed by atoms with Crippen LogP contribution < -0.4 is 5.32 Å². The summed E-state index contributed by atoms with van der Waals surface area (Å²) in [7, 11) is 0. The third-order valence-electron chi connectivity index (χ3n) is 4.50. The molecule has 1 amide bonds. The van der Waals surface area contributed by atoms with Crippen molar-refractivity contribution >= 4 is 5.91 Å². The van der Waals surface area contributed by atoms with E-state index < -0.39 is 0 Å². The summed E-state index contributed by atoms with van der Waals surface area (Å²) in [4.78, 5) is 19.2. The van der Waals surface area contributed by atoms with Gasteiger partial charge in [-0.15, -0.1) is 0 Å². The summed E-state index contributed by atoms with van der Waals surface area (Å²) in [6.07, 6.45) is 5.93. The van der Waals surface area contributed by atoms with Crippen molar-refractivity contribution in [3.63, 3.8) is 0 Å². The molecule has 1 aliphatic rings. The summed E-state index contributed by atoms with van der Waals surface area (Å²) in [5.74, 6) is 1.09. The van der Waals surface area contributed by atoms with Gasteiger partial charge in [-0.05, 0) is 50.9 Å². The predicted octanol–water partition coefficient (Wildman–Crippen LogP) is 2.04. The Labute approximate surface area is 142 Å². The zero-order valence-corrected chi connectivity index (χ0v) is 14.4. The van der Waals surface area contributed by atoms with E-state index in [0.717, 1.165) is 18.1 Å². The molecule has 1 aliphatic heterocycles. The van der Waals surface area contributed by atoms with Gasteiger partial charge in [-0.1, -0.05) is 13.0 Å². The van der Waals surface area contributed by atoms with Crippen LogP contribution in [0.25, 0.3) is 5.82 Å². The van der Waals surface area contributed by atoms with Crippen LogP contribution in [0, 0.1) is 12.8 Å². The van der Waals surface area contributed by atoms with E-state index in [-0.39, 0.29) is 5.91 Å². The Bertz CT molecular complexity index is 676. The minimum absolute atomic E-state index is 0.0667. The number of amides is 1. The highest BCUT2D eigenvalue weighted by atomic mass is 16.1. The van der Waals surface area contributed by atoms with Crippen molar-refractivity contribution in [3.8, 4) is 5.82 Å². The summed E-state index contributed by atoms with van der Waals surface area (Å²) < 4.78 is 1.70. The monoisotopic (exact) mass is 327 g/mol. The van der Waals surface area contributed by atoms with Gasteiger partial charge in [0.15, 0.2) is 5.82 Å². The van der Waals surface area contributed by atoms with Crippen molar-refractivity contribution in [1.29, 1.82) is 0 Å². The van der Waals surface area contributed by atoms with Gasteiger partial charge >= 0.3 is 0 Å². The van der Waals surface area contributed by atoms with Crippen molar-refractivity contribution in [2.45, 2.75) is 26.7 Å². The van der Waals surface area contributed by atoms with Gasteiger partial charge in [-0.3, -0.25) is 4.79 Å². The molecule has 1 unspecified atom stereocenters. The summed E-state index contributed by atoms with van der Waals surface area (Å²) in [5.41, 5.74) is 1.41. The highest BCUT2D eigenvalue weighted by Crippen LogP contribution is 2.13. The quantitative estimate of drug-likeness (QED) is 0.882. The maximum absolute atomic E-state index is 12.5. The lowest BCUT2D eigenvalue weighted by atomic mass is 10.1. The largest absolute Gasteiger partial charge is 0.352 e. The Hall–Kier alpha value is -2.21. The van der Waals surface area contributed by atoms with E-state index in [1.54, 1.807) is 17.1 Å². The number of carbonyl (C=O) groups is 1. The van der Waals surface area contributed by atoms with Crippen LogP contribution in [0.2, 0.25) is 0 Å². The molecule has 6 heteroatoms. The fourth-order valence-corrected chi connectivity index (χ4v) is 3.18. The molecule has 24 heavy (non-hydrogen) atoms. The number of hydrogen-bond donors (Lipinski definition) is 1. The third-order valence-corrected chi connectivity index (χ3v) is 4.50. The first-order valence-electron chi connectivity index (χ1n) is 8.61. The third kappa shape index (κ3) is 3.82. The van der Waals surface area contributed by atoms with E-state index in [9.17, 15) is 4.79 Å². The molecule has 1 saturated heterocycles. The van der Waals surface area contributed by atoms with Crippen LogP contribution in [0.5, 0.6) is 0 Å². The molecule has 1 fully saturated rings. The van der Waals surface area contributed by atoms with Gasteiger partial charge in [-0.2, -0.15) is 5.10 Å². The van der Waals surface area contributed by atoms with Gasteiger partial charge in [0.1, 0.15) is 0 Å². The molecule has 0 radical (unpaired) electrons. The topological polar surface area (TPSA) is 63.1 Å². The maximum Gasteiger partial charge on any atom is 0.254 e. The smallest absolute Gasteiger partial charge is 0.254 e. The van der Waals surface area contributed by atoms with Crippen molar-refractivity contribution in [1.82, 2.24) is 25.0 Å². The van der Waals surface area contributed by atoms with Crippen LogP contribution in [0.3, 0.4) is 0 Å². The maximum atomic E-state index is 12.5. The fourth-order valence-electron chi connectivity index (χ4n) is 3.18. The van der Waals surface area contributed by atoms with E-state index in [2.05, 4.69) is 27.2 Å². The van der Waals surface area contributed by atoms with E-state index in [1.165, 1.54) is 25.9 Å². The van der Waals surface area contributed by atoms with E-state index in [4.69, 9.17) is 0 Å². The number of carbonyl (C=O) groups excluding carboxylic acids is 1. The summed E-state index contributed by atoms with van der Waals surface area (Å²) >= 11 is 0. The number of nitrogens with one attached hydrogen (secondary N) is 1. The second kappa shape index (κ2) is 7.57. The predicted molar refractivity (Wildman–Crippen MR) is 93.3 cm³/mol. The fraction of sp³-hybridized carbons (Fsp3) is 0.500. The van der Waals surface area contributed by atoms with Gasteiger partial charge in [-0.25, -0.2) is 9.67 Å². The zero-order chi connectivity index (χ0) is 16.9. The van der Waals surface area contributed by atoms with E-state index in [1.807, 2.05) is 25.1 Å². The number of likely N-dealkylation sites (tertiary alicyclic amines) is 1. The van der Waals surface area contributed by atoms with Crippen molar-refractivity contribution < 1.29 is 4.79 Å². The molecule has 128 valence electrons. The molecular weight excluding hydrogens is 302 g/mol. The van der Waals surface area contributed by atoms with Gasteiger partial charge in [0, 0.05) is 19.3 Å². The van der Waals surface area contributed by atoms with Crippen LogP contribution in [0.4, 0.5) is 0 Å². The second-order valence-electron chi connectivity index (χ2n) is 6.57. The Kier molecular flexibility index (Phi) is 5.25. The van der Waals surface area contributed by atoms with Crippen LogP contribution in [-0.2, 0) is 0 Å². The first-order chi connectivity index (χ1) is 11.6. The minimum Gasteiger partial charge on any atom is -0.352 e. The standard InChI is InChI=1S/C18H25N5O/c1-14(13-22-9-5-6-10-22)11-20-18(24)16-12-21-23(15(16)2)17-7-3-4-8-19-17/h3-4,7-8,12,14H,5-6,9-11,13H2,1-2H3,(H,20,24). The van der Waals surface area contributed by atoms with Crippen molar-refractivity contribution in [2.24, 2.45) is 5.92 Å². The molecule has 2 aromatic heterocycles. The Balaban J connectivity index is 1.58. The molecule has 0 bridgehead atoms. The molecule has 0 spiro atoms. The Morgan fingerprint density at radius 3 is 2.83 bits per heavy atom.